The summed E-state index contributed by atoms with van der Waals surface area (Å²) in [6, 6.07) is 0.507. The van der Waals surface area contributed by atoms with Crippen molar-refractivity contribution in [2.24, 2.45) is 0 Å². The van der Waals surface area contributed by atoms with Crippen molar-refractivity contribution in [1.29, 1.82) is 0 Å². The molecule has 1 aromatic heterocycles. The summed E-state index contributed by atoms with van der Waals surface area (Å²) in [5.74, 6) is -0.279. The van der Waals surface area contributed by atoms with Gasteiger partial charge in [-0.1, -0.05) is 0 Å². The summed E-state index contributed by atoms with van der Waals surface area (Å²) in [6.45, 7) is 1.82. The number of hydrogen-bond donors (Lipinski definition) is 2. The van der Waals surface area contributed by atoms with Gasteiger partial charge in [-0.25, -0.2) is 13.1 Å². The molecule has 0 unspecified atom stereocenters. The van der Waals surface area contributed by atoms with Gasteiger partial charge in [-0.05, 0) is 38.2 Å². The van der Waals surface area contributed by atoms with E-state index in [9.17, 15) is 13.2 Å². The third-order valence-corrected chi connectivity index (χ3v) is 4.33. The first-order valence-electron chi connectivity index (χ1n) is 7.08. The van der Waals surface area contributed by atoms with Crippen molar-refractivity contribution in [1.82, 2.24) is 19.8 Å². The van der Waals surface area contributed by atoms with E-state index in [1.54, 1.807) is 0 Å². The fraction of sp³-hybridized carbons (Fsp3) is 0.692. The fourth-order valence-electron chi connectivity index (χ4n) is 2.59. The minimum atomic E-state index is -3.32. The average molecular weight is 314 g/mol. The summed E-state index contributed by atoms with van der Waals surface area (Å²) < 4.78 is 26.1. The lowest BCUT2D eigenvalue weighted by atomic mass is 9.91. The topological polar surface area (TPSA) is 93.1 Å². The number of aromatic nitrogens is 2. The molecule has 1 fully saturated rings. The van der Waals surface area contributed by atoms with Crippen molar-refractivity contribution >= 4 is 15.9 Å². The van der Waals surface area contributed by atoms with Gasteiger partial charge in [0.05, 0.1) is 25.0 Å². The minimum Gasteiger partial charge on any atom is -0.352 e. The summed E-state index contributed by atoms with van der Waals surface area (Å²) in [5, 5.41) is 7.21. The van der Waals surface area contributed by atoms with E-state index >= 15 is 0 Å². The number of rotatable bonds is 5. The van der Waals surface area contributed by atoms with Gasteiger partial charge in [0.25, 0.3) is 0 Å². The Morgan fingerprint density at radius 2 is 2.05 bits per heavy atom. The number of sulfonamides is 1. The van der Waals surface area contributed by atoms with Crippen molar-refractivity contribution in [3.63, 3.8) is 0 Å². The predicted octanol–water partition coefficient (Wildman–Crippen LogP) is 0.341. The smallest absolute Gasteiger partial charge is 0.235 e. The molecule has 0 aromatic carbocycles. The zero-order valence-corrected chi connectivity index (χ0v) is 13.2. The minimum absolute atomic E-state index is 0.117. The Hall–Kier alpha value is -1.41. The highest BCUT2D eigenvalue weighted by Crippen LogP contribution is 2.28. The van der Waals surface area contributed by atoms with E-state index in [1.807, 2.05) is 24.0 Å². The van der Waals surface area contributed by atoms with Crippen LogP contribution in [0, 0.1) is 6.92 Å². The molecular weight excluding hydrogens is 292 g/mol. The molecule has 1 heterocycles. The zero-order chi connectivity index (χ0) is 15.5. The lowest BCUT2D eigenvalue weighted by Gasteiger charge is -2.29. The summed E-state index contributed by atoms with van der Waals surface area (Å²) in [7, 11) is -3.32. The fourth-order valence-corrected chi connectivity index (χ4v) is 2.99. The SMILES string of the molecule is Cc1cnn(C2CCC(NC(=O)CNS(C)(=O)=O)CC2)c1. The van der Waals surface area contributed by atoms with Gasteiger partial charge in [0, 0.05) is 12.2 Å². The highest BCUT2D eigenvalue weighted by molar-refractivity contribution is 7.88. The molecule has 1 aliphatic carbocycles. The Labute approximate surface area is 125 Å². The normalized spacial score (nSPS) is 23.0. The molecule has 2 rings (SSSR count). The number of hydrogen-bond acceptors (Lipinski definition) is 4. The van der Waals surface area contributed by atoms with Gasteiger partial charge in [-0.2, -0.15) is 5.10 Å². The van der Waals surface area contributed by atoms with Crippen molar-refractivity contribution < 1.29 is 13.2 Å². The zero-order valence-electron chi connectivity index (χ0n) is 12.4. The molecule has 7 nitrogen and oxygen atoms in total. The number of amides is 1. The van der Waals surface area contributed by atoms with Gasteiger partial charge in [0.15, 0.2) is 0 Å². The molecule has 21 heavy (non-hydrogen) atoms. The first-order chi connectivity index (χ1) is 9.83. The van der Waals surface area contributed by atoms with Crippen LogP contribution in [-0.4, -0.2) is 42.9 Å². The average Bonchev–Trinajstić information content (AvgIpc) is 2.83. The van der Waals surface area contributed by atoms with Crippen LogP contribution < -0.4 is 10.0 Å². The number of aryl methyl sites for hydroxylation is 1. The van der Waals surface area contributed by atoms with E-state index in [-0.39, 0.29) is 18.5 Å². The maximum absolute atomic E-state index is 11.7. The van der Waals surface area contributed by atoms with Crippen LogP contribution in [0.25, 0.3) is 0 Å². The molecule has 2 N–H and O–H groups in total. The Morgan fingerprint density at radius 1 is 1.38 bits per heavy atom. The van der Waals surface area contributed by atoms with Crippen LogP contribution in [0.1, 0.15) is 37.3 Å². The number of nitrogens with zero attached hydrogens (tertiary/aromatic N) is 2. The second kappa shape index (κ2) is 6.57. The van der Waals surface area contributed by atoms with Crippen LogP contribution in [0.5, 0.6) is 0 Å². The maximum atomic E-state index is 11.7. The molecule has 1 aromatic rings. The van der Waals surface area contributed by atoms with Crippen LogP contribution >= 0.6 is 0 Å². The van der Waals surface area contributed by atoms with Crippen molar-refractivity contribution in [3.8, 4) is 0 Å². The molecule has 0 bridgehead atoms. The monoisotopic (exact) mass is 314 g/mol. The highest BCUT2D eigenvalue weighted by atomic mass is 32.2. The summed E-state index contributed by atoms with van der Waals surface area (Å²) in [5.41, 5.74) is 1.15. The first-order valence-corrected chi connectivity index (χ1v) is 8.97. The van der Waals surface area contributed by atoms with E-state index in [1.165, 1.54) is 0 Å². The molecule has 118 valence electrons. The van der Waals surface area contributed by atoms with Crippen molar-refractivity contribution in [3.05, 3.63) is 18.0 Å². The van der Waals surface area contributed by atoms with Crippen molar-refractivity contribution in [2.45, 2.75) is 44.7 Å². The third-order valence-electron chi connectivity index (χ3n) is 3.66. The quantitative estimate of drug-likeness (QED) is 0.819. The van der Waals surface area contributed by atoms with E-state index < -0.39 is 10.0 Å². The molecule has 1 aliphatic rings. The summed E-state index contributed by atoms with van der Waals surface area (Å²) in [6.07, 6.45) is 8.63. The van der Waals surface area contributed by atoms with E-state index in [4.69, 9.17) is 0 Å². The number of carbonyl (C=O) groups is 1. The lowest BCUT2D eigenvalue weighted by Crippen LogP contribution is -2.43. The van der Waals surface area contributed by atoms with Gasteiger partial charge in [0.2, 0.25) is 15.9 Å². The molecule has 8 heteroatoms. The van der Waals surface area contributed by atoms with Crippen molar-refractivity contribution in [2.75, 3.05) is 12.8 Å². The molecule has 0 atom stereocenters. The second-order valence-electron chi connectivity index (χ2n) is 5.66. The van der Waals surface area contributed by atoms with Crippen LogP contribution in [-0.2, 0) is 14.8 Å². The standard InChI is InChI=1S/C13H22N4O3S/c1-10-7-14-17(9-10)12-5-3-11(4-6-12)16-13(18)8-15-21(2,19)20/h7,9,11-12,15H,3-6,8H2,1-2H3,(H,16,18). The predicted molar refractivity (Wildman–Crippen MR) is 79.2 cm³/mol. The third kappa shape index (κ3) is 5.13. The van der Waals surface area contributed by atoms with E-state index in [0.29, 0.717) is 6.04 Å². The Kier molecular flexibility index (Phi) is 5.00. The first kappa shape index (κ1) is 16.0. The van der Waals surface area contributed by atoms with Crippen LogP contribution in [0.4, 0.5) is 0 Å². The molecule has 0 radical (unpaired) electrons. The summed E-state index contributed by atoms with van der Waals surface area (Å²) in [4.78, 5) is 11.7. The maximum Gasteiger partial charge on any atom is 0.235 e. The van der Waals surface area contributed by atoms with Gasteiger partial charge in [0.1, 0.15) is 0 Å². The Balaban J connectivity index is 1.75. The highest BCUT2D eigenvalue weighted by Gasteiger charge is 2.23. The largest absolute Gasteiger partial charge is 0.352 e. The molecule has 1 saturated carbocycles. The Bertz CT molecular complexity index is 588. The van der Waals surface area contributed by atoms with Crippen LogP contribution in [0.3, 0.4) is 0 Å². The van der Waals surface area contributed by atoms with Gasteiger partial charge >= 0.3 is 0 Å². The lowest BCUT2D eigenvalue weighted by molar-refractivity contribution is -0.120. The van der Waals surface area contributed by atoms with Gasteiger partial charge in [-0.15, -0.1) is 0 Å². The molecule has 0 saturated heterocycles. The Morgan fingerprint density at radius 3 is 2.57 bits per heavy atom. The second-order valence-corrected chi connectivity index (χ2v) is 7.50. The summed E-state index contributed by atoms with van der Waals surface area (Å²) >= 11 is 0. The van der Waals surface area contributed by atoms with Crippen LogP contribution in [0.2, 0.25) is 0 Å². The molecule has 0 spiro atoms. The van der Waals surface area contributed by atoms with Gasteiger partial charge in [-0.3, -0.25) is 9.48 Å². The molecule has 1 amide bonds. The molecule has 0 aliphatic heterocycles. The number of nitrogens with one attached hydrogen (secondary N) is 2. The van der Waals surface area contributed by atoms with Crippen LogP contribution in [0.15, 0.2) is 12.4 Å². The number of carbonyl (C=O) groups excluding carboxylic acids is 1. The molecular formula is C13H22N4O3S. The van der Waals surface area contributed by atoms with Gasteiger partial charge < -0.3 is 5.32 Å². The van der Waals surface area contributed by atoms with E-state index in [0.717, 1.165) is 37.5 Å². The van der Waals surface area contributed by atoms with E-state index in [2.05, 4.69) is 15.1 Å².